The minimum absolute atomic E-state index is 0. The summed E-state index contributed by atoms with van der Waals surface area (Å²) in [5.74, 6) is 0.388. The topological polar surface area (TPSA) is 40.5 Å². The van der Waals surface area contributed by atoms with Crippen molar-refractivity contribution in [1.82, 2.24) is 0 Å². The van der Waals surface area contributed by atoms with E-state index in [0.717, 1.165) is 0 Å². The maximum Gasteiger partial charge on any atom is 1.00 e. The van der Waals surface area contributed by atoms with E-state index < -0.39 is 6.10 Å². The van der Waals surface area contributed by atoms with Crippen LogP contribution in [0.5, 0.6) is 0 Å². The maximum atomic E-state index is 8.73. The van der Waals surface area contributed by atoms with E-state index in [1.165, 1.54) is 11.8 Å². The van der Waals surface area contributed by atoms with Gasteiger partial charge in [-0.05, 0) is 0 Å². The molecule has 2 nitrogen and oxygen atoms in total. The molecule has 6 heteroatoms. The molecule has 54 valence electrons. The molecule has 0 radical (unpaired) electrons. The first kappa shape index (κ1) is 14.1. The summed E-state index contributed by atoms with van der Waals surface area (Å²) in [6.07, 6.45) is -0.698. The zero-order chi connectivity index (χ0) is 7.28. The van der Waals surface area contributed by atoms with E-state index in [9.17, 15) is 0 Å². The molecule has 0 saturated heterocycles. The average molecular weight is 206 g/mol. The number of hydrogen-bond acceptors (Lipinski definition) is 5. The SMILES string of the molecule is OCC(O)CSC(=S)[S-].[Na+]. The third-order valence-corrected chi connectivity index (χ3v) is 2.10. The number of rotatable bonds is 3. The molecule has 0 fully saturated rings. The van der Waals surface area contributed by atoms with Crippen LogP contribution in [0.1, 0.15) is 0 Å². The van der Waals surface area contributed by atoms with E-state index in [-0.39, 0.29) is 36.2 Å². The van der Waals surface area contributed by atoms with Gasteiger partial charge >= 0.3 is 29.6 Å². The summed E-state index contributed by atoms with van der Waals surface area (Å²) in [5.41, 5.74) is 0. The minimum atomic E-state index is -0.698. The Labute approximate surface area is 97.5 Å². The van der Waals surface area contributed by atoms with Gasteiger partial charge in [0.1, 0.15) is 0 Å². The fourth-order valence-electron chi connectivity index (χ4n) is 0.217. The summed E-state index contributed by atoms with van der Waals surface area (Å²) >= 11 is 10.3. The Morgan fingerprint density at radius 1 is 1.70 bits per heavy atom. The number of thioether (sulfide) groups is 1. The molecule has 1 unspecified atom stereocenters. The Morgan fingerprint density at radius 3 is 2.50 bits per heavy atom. The van der Waals surface area contributed by atoms with Crippen molar-refractivity contribution in [2.75, 3.05) is 12.4 Å². The molecule has 0 rings (SSSR count). The number of hydrogen-bond donors (Lipinski definition) is 2. The van der Waals surface area contributed by atoms with Crippen LogP contribution in [-0.2, 0) is 12.6 Å². The van der Waals surface area contributed by atoms with Crippen molar-refractivity contribution < 1.29 is 39.8 Å². The van der Waals surface area contributed by atoms with E-state index in [2.05, 4.69) is 24.8 Å². The normalized spacial score (nSPS) is 11.8. The summed E-state index contributed by atoms with van der Waals surface area (Å²) in [4.78, 5) is 0. The molecule has 0 aromatic heterocycles. The van der Waals surface area contributed by atoms with Gasteiger partial charge in [-0.15, -0.1) is 11.8 Å². The van der Waals surface area contributed by atoms with Gasteiger partial charge in [-0.25, -0.2) is 0 Å². The minimum Gasteiger partial charge on any atom is -0.422 e. The second-order valence-corrected chi connectivity index (χ2v) is 4.02. The van der Waals surface area contributed by atoms with Crippen molar-refractivity contribution in [3.8, 4) is 0 Å². The van der Waals surface area contributed by atoms with Gasteiger partial charge in [0.05, 0.1) is 12.7 Å². The first-order chi connectivity index (χ1) is 4.16. The first-order valence-corrected chi connectivity index (χ1v) is 4.09. The smallest absolute Gasteiger partial charge is 0.422 e. The fourth-order valence-corrected chi connectivity index (χ4v) is 1.06. The standard InChI is InChI=1S/C4H8O2S3.Na/c5-1-3(6)2-9-4(7)8;/h3,5-6H,1-2H2,(H,7,8);/q;+1/p-1. The fraction of sp³-hybridized carbons (Fsp3) is 0.750. The van der Waals surface area contributed by atoms with Crippen LogP contribution >= 0.6 is 24.0 Å². The Balaban J connectivity index is 0. The molecule has 0 aliphatic heterocycles. The molecule has 0 aliphatic rings. The van der Waals surface area contributed by atoms with Crippen LogP contribution in [-0.4, -0.2) is 32.2 Å². The largest absolute Gasteiger partial charge is 1.00 e. The molecule has 0 saturated carbocycles. The van der Waals surface area contributed by atoms with Crippen molar-refractivity contribution in [3.63, 3.8) is 0 Å². The second kappa shape index (κ2) is 8.67. The monoisotopic (exact) mass is 206 g/mol. The summed E-state index contributed by atoms with van der Waals surface area (Å²) in [7, 11) is 0. The molecule has 0 spiro atoms. The van der Waals surface area contributed by atoms with Gasteiger partial charge in [0.2, 0.25) is 0 Å². The molecule has 0 aliphatic carbocycles. The molecule has 1 atom stereocenters. The third kappa shape index (κ3) is 9.58. The zero-order valence-corrected chi connectivity index (χ0v) is 10.1. The van der Waals surface area contributed by atoms with E-state index in [4.69, 9.17) is 10.2 Å². The molecule has 0 aromatic rings. The summed E-state index contributed by atoms with van der Waals surface area (Å²) < 4.78 is 0.377. The second-order valence-electron chi connectivity index (χ2n) is 1.40. The third-order valence-electron chi connectivity index (χ3n) is 0.604. The Hall–Kier alpha value is 1.58. The summed E-state index contributed by atoms with van der Waals surface area (Å²) in [6.45, 7) is -0.231. The Kier molecular flexibility index (Phi) is 12.3. The van der Waals surface area contributed by atoms with E-state index >= 15 is 0 Å². The molecule has 0 amide bonds. The van der Waals surface area contributed by atoms with Crippen LogP contribution in [0.25, 0.3) is 0 Å². The van der Waals surface area contributed by atoms with Crippen molar-refractivity contribution in [2.45, 2.75) is 6.10 Å². The van der Waals surface area contributed by atoms with Crippen molar-refractivity contribution >= 4 is 40.1 Å². The first-order valence-electron chi connectivity index (χ1n) is 2.29. The molecule has 10 heavy (non-hydrogen) atoms. The molecule has 2 N–H and O–H groups in total. The average Bonchev–Trinajstić information content (AvgIpc) is 1.83. The van der Waals surface area contributed by atoms with Gasteiger partial charge in [-0.3, -0.25) is 0 Å². The number of thiocarbonyl (C=S) groups is 1. The molecule has 0 aromatic carbocycles. The summed E-state index contributed by atoms with van der Waals surface area (Å²) in [5, 5.41) is 17.0. The van der Waals surface area contributed by atoms with Crippen LogP contribution in [0.2, 0.25) is 0 Å². The number of aliphatic hydroxyl groups excluding tert-OH is 2. The molecular formula is C4H7NaO2S3. The molecular weight excluding hydrogens is 199 g/mol. The number of aliphatic hydroxyl groups is 2. The van der Waals surface area contributed by atoms with Crippen LogP contribution in [0.15, 0.2) is 0 Å². The van der Waals surface area contributed by atoms with Crippen molar-refractivity contribution in [3.05, 3.63) is 0 Å². The van der Waals surface area contributed by atoms with Gasteiger partial charge in [-0.2, -0.15) is 0 Å². The predicted molar refractivity (Wildman–Crippen MR) is 45.5 cm³/mol. The Bertz CT molecular complexity index is 101. The van der Waals surface area contributed by atoms with E-state index in [0.29, 0.717) is 9.28 Å². The van der Waals surface area contributed by atoms with Gasteiger partial charge in [-0.1, -0.05) is 3.53 Å². The van der Waals surface area contributed by atoms with Gasteiger partial charge in [0.25, 0.3) is 0 Å². The van der Waals surface area contributed by atoms with Crippen molar-refractivity contribution in [2.24, 2.45) is 0 Å². The van der Waals surface area contributed by atoms with Gasteiger partial charge in [0.15, 0.2) is 0 Å². The van der Waals surface area contributed by atoms with Gasteiger partial charge in [0, 0.05) is 5.75 Å². The van der Waals surface area contributed by atoms with Crippen LogP contribution in [0.3, 0.4) is 0 Å². The molecule has 0 heterocycles. The quantitative estimate of drug-likeness (QED) is 0.291. The van der Waals surface area contributed by atoms with E-state index in [1.807, 2.05) is 0 Å². The predicted octanol–water partition coefficient (Wildman–Crippen LogP) is -3.09. The molecule has 0 bridgehead atoms. The van der Waals surface area contributed by atoms with Crippen LogP contribution in [0, 0.1) is 0 Å². The van der Waals surface area contributed by atoms with E-state index in [1.54, 1.807) is 0 Å². The zero-order valence-electron chi connectivity index (χ0n) is 5.61. The maximum absolute atomic E-state index is 8.73. The van der Waals surface area contributed by atoms with Crippen molar-refractivity contribution in [1.29, 1.82) is 0 Å². The summed E-state index contributed by atoms with van der Waals surface area (Å²) in [6, 6.07) is 0. The van der Waals surface area contributed by atoms with Crippen LogP contribution < -0.4 is 29.6 Å². The van der Waals surface area contributed by atoms with Gasteiger partial charge < -0.3 is 35.1 Å². The van der Waals surface area contributed by atoms with Crippen LogP contribution in [0.4, 0.5) is 0 Å². The Morgan fingerprint density at radius 2 is 2.20 bits per heavy atom.